The molecular weight excluding hydrogens is 422 g/mol. The van der Waals surface area contributed by atoms with Gasteiger partial charge < -0.3 is 15.5 Å². The maximum Gasteiger partial charge on any atom is 0.253 e. The fourth-order valence-corrected chi connectivity index (χ4v) is 4.19. The van der Waals surface area contributed by atoms with Crippen molar-refractivity contribution in [3.05, 3.63) is 102 Å². The van der Waals surface area contributed by atoms with Gasteiger partial charge in [-0.15, -0.1) is 0 Å². The zero-order valence-electron chi connectivity index (χ0n) is 19.4. The lowest BCUT2D eigenvalue weighted by Gasteiger charge is -2.30. The Morgan fingerprint density at radius 3 is 2.29 bits per heavy atom. The van der Waals surface area contributed by atoms with Crippen LogP contribution < -0.4 is 15.5 Å². The van der Waals surface area contributed by atoms with E-state index < -0.39 is 0 Å². The number of carbonyl (C=O) groups excluding carboxylic acids is 2. The molecule has 1 heterocycles. The highest BCUT2D eigenvalue weighted by Gasteiger charge is 2.19. The lowest BCUT2D eigenvalue weighted by molar-refractivity contribution is -0.111. The van der Waals surface area contributed by atoms with E-state index in [-0.39, 0.29) is 11.8 Å². The van der Waals surface area contributed by atoms with Crippen LogP contribution in [-0.2, 0) is 11.2 Å². The molecule has 0 bridgehead atoms. The minimum Gasteiger partial charge on any atom is -0.371 e. The number of nitrogens with zero attached hydrogens (tertiary/aromatic N) is 1. The van der Waals surface area contributed by atoms with Gasteiger partial charge in [0, 0.05) is 37.1 Å². The average molecular weight is 454 g/mol. The zero-order chi connectivity index (χ0) is 23.6. The van der Waals surface area contributed by atoms with Gasteiger partial charge in [0.15, 0.2) is 0 Å². The van der Waals surface area contributed by atoms with E-state index in [4.69, 9.17) is 0 Å². The van der Waals surface area contributed by atoms with Gasteiger partial charge in [0.25, 0.3) is 5.91 Å². The molecule has 1 aliphatic rings. The molecule has 0 saturated carbocycles. The first-order valence-corrected chi connectivity index (χ1v) is 11.9. The average Bonchev–Trinajstić information content (AvgIpc) is 2.89. The molecule has 1 aliphatic heterocycles. The third kappa shape index (κ3) is 6.58. The van der Waals surface area contributed by atoms with Crippen LogP contribution in [0.4, 0.5) is 11.4 Å². The summed E-state index contributed by atoms with van der Waals surface area (Å²) in [6.45, 7) is 2.43. The van der Waals surface area contributed by atoms with Gasteiger partial charge in [0.1, 0.15) is 0 Å². The van der Waals surface area contributed by atoms with Gasteiger partial charge in [0.2, 0.25) is 5.91 Å². The summed E-state index contributed by atoms with van der Waals surface area (Å²) in [4.78, 5) is 27.9. The Kier molecular flexibility index (Phi) is 8.12. The van der Waals surface area contributed by atoms with Crippen molar-refractivity contribution in [1.82, 2.24) is 5.32 Å². The largest absolute Gasteiger partial charge is 0.371 e. The van der Waals surface area contributed by atoms with E-state index >= 15 is 0 Å². The number of amides is 2. The summed E-state index contributed by atoms with van der Waals surface area (Å²) in [6.07, 6.45) is 7.51. The monoisotopic (exact) mass is 453 g/mol. The van der Waals surface area contributed by atoms with Crippen molar-refractivity contribution in [2.24, 2.45) is 0 Å². The summed E-state index contributed by atoms with van der Waals surface area (Å²) in [5, 5.41) is 5.96. The summed E-state index contributed by atoms with van der Waals surface area (Å²) < 4.78 is 0. The number of anilines is 2. The topological polar surface area (TPSA) is 61.4 Å². The second-order valence-corrected chi connectivity index (χ2v) is 8.50. The van der Waals surface area contributed by atoms with Gasteiger partial charge in [-0.1, -0.05) is 60.7 Å². The molecule has 0 atom stereocenters. The van der Waals surface area contributed by atoms with Crippen LogP contribution in [0.5, 0.6) is 0 Å². The number of hydrogen-bond donors (Lipinski definition) is 2. The highest BCUT2D eigenvalue weighted by atomic mass is 16.2. The first-order valence-electron chi connectivity index (χ1n) is 11.9. The molecule has 2 amide bonds. The quantitative estimate of drug-likeness (QED) is 0.455. The Balaban J connectivity index is 1.47. The number of rotatable bonds is 8. The third-order valence-corrected chi connectivity index (χ3v) is 5.97. The molecule has 0 unspecified atom stereocenters. The number of piperidine rings is 1. The zero-order valence-corrected chi connectivity index (χ0v) is 19.4. The van der Waals surface area contributed by atoms with Crippen LogP contribution in [0.2, 0.25) is 0 Å². The summed E-state index contributed by atoms with van der Waals surface area (Å²) in [6, 6.07) is 25.4. The normalized spacial score (nSPS) is 13.6. The molecule has 5 nitrogen and oxygen atoms in total. The Morgan fingerprint density at radius 2 is 1.56 bits per heavy atom. The molecule has 0 radical (unpaired) electrons. The first-order chi connectivity index (χ1) is 16.7. The number of nitrogens with one attached hydrogen (secondary N) is 2. The molecule has 0 aromatic heterocycles. The Labute approximate surface area is 201 Å². The van der Waals surface area contributed by atoms with Crippen molar-refractivity contribution in [2.45, 2.75) is 25.7 Å². The molecular formula is C29H31N3O2. The highest BCUT2D eigenvalue weighted by Crippen LogP contribution is 2.27. The summed E-state index contributed by atoms with van der Waals surface area (Å²) in [5.41, 5.74) is 4.27. The Bertz CT molecular complexity index is 1120. The van der Waals surface area contributed by atoms with Crippen molar-refractivity contribution >= 4 is 29.3 Å². The molecule has 0 spiro atoms. The van der Waals surface area contributed by atoms with Gasteiger partial charge in [0.05, 0.1) is 5.56 Å². The first kappa shape index (κ1) is 23.3. The third-order valence-electron chi connectivity index (χ3n) is 5.97. The van der Waals surface area contributed by atoms with Gasteiger partial charge >= 0.3 is 0 Å². The smallest absolute Gasteiger partial charge is 0.253 e. The molecule has 0 aliphatic carbocycles. The highest BCUT2D eigenvalue weighted by molar-refractivity contribution is 6.05. The van der Waals surface area contributed by atoms with Gasteiger partial charge in [-0.25, -0.2) is 0 Å². The predicted octanol–water partition coefficient (Wildman–Crippen LogP) is 5.30. The summed E-state index contributed by atoms with van der Waals surface area (Å²) in [5.74, 6) is -0.350. The fraction of sp³-hybridized carbons (Fsp3) is 0.241. The standard InChI is InChI=1S/C29H31N3O2/c33-28(17-14-23-10-4-1-5-11-23)31-25-15-16-27(32-20-8-3-9-21-32)26(22-25)29(34)30-19-18-24-12-6-2-7-13-24/h1-2,4-7,10-17,22H,3,8-9,18-21H2,(H,30,34)(H,31,33)/b17-14+. The predicted molar refractivity (Wildman–Crippen MR) is 139 cm³/mol. The molecule has 174 valence electrons. The molecule has 2 N–H and O–H groups in total. The van der Waals surface area contributed by atoms with Crippen molar-refractivity contribution in [3.8, 4) is 0 Å². The fourth-order valence-electron chi connectivity index (χ4n) is 4.19. The van der Waals surface area contributed by atoms with Crippen LogP contribution in [0, 0.1) is 0 Å². The molecule has 3 aromatic rings. The lowest BCUT2D eigenvalue weighted by atomic mass is 10.1. The summed E-state index contributed by atoms with van der Waals surface area (Å²) >= 11 is 0. The minimum atomic E-state index is -0.231. The van der Waals surface area contributed by atoms with E-state index in [9.17, 15) is 9.59 Å². The molecule has 1 fully saturated rings. The van der Waals surface area contributed by atoms with Crippen molar-refractivity contribution in [2.75, 3.05) is 29.9 Å². The van der Waals surface area contributed by atoms with Crippen LogP contribution in [-0.4, -0.2) is 31.4 Å². The van der Waals surface area contributed by atoms with Crippen LogP contribution in [0.3, 0.4) is 0 Å². The van der Waals surface area contributed by atoms with Crippen LogP contribution in [0.1, 0.15) is 40.7 Å². The Morgan fingerprint density at radius 1 is 0.853 bits per heavy atom. The number of carbonyl (C=O) groups is 2. The van der Waals surface area contributed by atoms with E-state index in [1.807, 2.05) is 60.7 Å². The van der Waals surface area contributed by atoms with Gasteiger partial charge in [-0.3, -0.25) is 9.59 Å². The molecule has 1 saturated heterocycles. The van der Waals surface area contributed by atoms with E-state index in [0.29, 0.717) is 17.8 Å². The van der Waals surface area contributed by atoms with Crippen molar-refractivity contribution in [3.63, 3.8) is 0 Å². The number of benzene rings is 3. The maximum atomic E-state index is 13.2. The van der Waals surface area contributed by atoms with E-state index in [0.717, 1.165) is 43.6 Å². The molecule has 5 heteroatoms. The van der Waals surface area contributed by atoms with Crippen LogP contribution >= 0.6 is 0 Å². The van der Waals surface area contributed by atoms with E-state index in [1.165, 1.54) is 18.1 Å². The number of hydrogen-bond acceptors (Lipinski definition) is 3. The second-order valence-electron chi connectivity index (χ2n) is 8.50. The van der Waals surface area contributed by atoms with E-state index in [1.54, 1.807) is 12.1 Å². The molecule has 34 heavy (non-hydrogen) atoms. The van der Waals surface area contributed by atoms with Crippen molar-refractivity contribution in [1.29, 1.82) is 0 Å². The van der Waals surface area contributed by atoms with Crippen LogP contribution in [0.25, 0.3) is 6.08 Å². The molecule has 3 aromatic carbocycles. The van der Waals surface area contributed by atoms with Gasteiger partial charge in [-0.05, 0) is 61.1 Å². The van der Waals surface area contributed by atoms with Crippen molar-refractivity contribution < 1.29 is 9.59 Å². The van der Waals surface area contributed by atoms with Gasteiger partial charge in [-0.2, -0.15) is 0 Å². The minimum absolute atomic E-state index is 0.118. The molecule has 4 rings (SSSR count). The summed E-state index contributed by atoms with van der Waals surface area (Å²) in [7, 11) is 0. The lowest BCUT2D eigenvalue weighted by Crippen LogP contribution is -2.33. The second kappa shape index (κ2) is 11.8. The maximum absolute atomic E-state index is 13.2. The van der Waals surface area contributed by atoms with E-state index in [2.05, 4.69) is 27.7 Å². The van der Waals surface area contributed by atoms with Crippen LogP contribution in [0.15, 0.2) is 84.9 Å². The Hall–Kier alpha value is -3.86. The SMILES string of the molecule is O=C(/C=C/c1ccccc1)Nc1ccc(N2CCCCC2)c(C(=O)NCCc2ccccc2)c1.